The van der Waals surface area contributed by atoms with Crippen molar-refractivity contribution in [3.8, 4) is 0 Å². The van der Waals surface area contributed by atoms with Gasteiger partial charge in [-0.1, -0.05) is 11.6 Å². The molecule has 2 saturated heterocycles. The molecule has 0 spiro atoms. The lowest BCUT2D eigenvalue weighted by Crippen LogP contribution is -2.59. The van der Waals surface area contributed by atoms with Crippen molar-refractivity contribution in [3.63, 3.8) is 0 Å². The highest BCUT2D eigenvalue weighted by molar-refractivity contribution is 6.30. The van der Waals surface area contributed by atoms with Crippen molar-refractivity contribution in [2.45, 2.75) is 19.1 Å². The molecular weight excluding hydrogens is 302 g/mol. The Labute approximate surface area is 136 Å². The Kier molecular flexibility index (Phi) is 4.86. The number of rotatable bonds is 2. The van der Waals surface area contributed by atoms with Gasteiger partial charge in [0.2, 0.25) is 5.91 Å². The van der Waals surface area contributed by atoms with Gasteiger partial charge in [-0.2, -0.15) is 0 Å². The number of nitrogens with zero attached hydrogens (tertiary/aromatic N) is 2. The molecule has 0 aromatic heterocycles. The molecule has 2 aliphatic heterocycles. The minimum atomic E-state index is -0.212. The van der Waals surface area contributed by atoms with Gasteiger partial charge in [-0.3, -0.25) is 4.79 Å². The van der Waals surface area contributed by atoms with Gasteiger partial charge in [0.25, 0.3) is 0 Å². The van der Waals surface area contributed by atoms with Crippen molar-refractivity contribution in [1.82, 2.24) is 10.2 Å². The standard InChI is InChI=1S/C16H22ClN3O2/c1-12-15(18-6-11-22-12)16(21)20-9-7-19(8-10-20)14-4-2-13(17)3-5-14/h2-5,12,15,18H,6-11H2,1H3/t12-,15+/m1/s1. The zero-order valence-electron chi connectivity index (χ0n) is 12.8. The van der Waals surface area contributed by atoms with E-state index in [1.54, 1.807) is 0 Å². The van der Waals surface area contributed by atoms with Crippen LogP contribution in [-0.2, 0) is 9.53 Å². The van der Waals surface area contributed by atoms with E-state index >= 15 is 0 Å². The van der Waals surface area contributed by atoms with Crippen LogP contribution in [0.4, 0.5) is 5.69 Å². The van der Waals surface area contributed by atoms with E-state index in [1.165, 1.54) is 0 Å². The maximum Gasteiger partial charge on any atom is 0.242 e. The summed E-state index contributed by atoms with van der Waals surface area (Å²) in [5.41, 5.74) is 1.16. The molecule has 1 aromatic carbocycles. The van der Waals surface area contributed by atoms with Crippen LogP contribution < -0.4 is 10.2 Å². The van der Waals surface area contributed by atoms with E-state index in [2.05, 4.69) is 10.2 Å². The molecule has 2 atom stereocenters. The fourth-order valence-electron chi connectivity index (χ4n) is 3.04. The number of piperazine rings is 1. The van der Waals surface area contributed by atoms with Gasteiger partial charge in [-0.25, -0.2) is 0 Å². The lowest BCUT2D eigenvalue weighted by Gasteiger charge is -2.39. The van der Waals surface area contributed by atoms with Crippen LogP contribution in [0.5, 0.6) is 0 Å². The summed E-state index contributed by atoms with van der Waals surface area (Å²) in [6.07, 6.45) is -0.0597. The Balaban J connectivity index is 1.57. The minimum Gasteiger partial charge on any atom is -0.375 e. The SMILES string of the molecule is C[C@H]1OCCN[C@@H]1C(=O)N1CCN(c2ccc(Cl)cc2)CC1. The molecule has 0 radical (unpaired) electrons. The summed E-state index contributed by atoms with van der Waals surface area (Å²) in [5, 5.41) is 4.02. The molecule has 3 rings (SSSR count). The highest BCUT2D eigenvalue weighted by Crippen LogP contribution is 2.20. The van der Waals surface area contributed by atoms with E-state index in [0.717, 1.165) is 43.4 Å². The summed E-state index contributed by atoms with van der Waals surface area (Å²) >= 11 is 5.92. The maximum atomic E-state index is 12.6. The number of nitrogens with one attached hydrogen (secondary N) is 1. The summed E-state index contributed by atoms with van der Waals surface area (Å²) in [5.74, 6) is 0.156. The zero-order chi connectivity index (χ0) is 15.5. The molecule has 6 heteroatoms. The van der Waals surface area contributed by atoms with Crippen LogP contribution in [0.15, 0.2) is 24.3 Å². The van der Waals surface area contributed by atoms with Crippen LogP contribution in [0.25, 0.3) is 0 Å². The number of carbonyl (C=O) groups excluding carboxylic acids is 1. The molecule has 2 fully saturated rings. The van der Waals surface area contributed by atoms with Gasteiger partial charge >= 0.3 is 0 Å². The highest BCUT2D eigenvalue weighted by atomic mass is 35.5. The minimum absolute atomic E-state index is 0.0597. The molecule has 0 aliphatic carbocycles. The van der Waals surface area contributed by atoms with Gasteiger partial charge < -0.3 is 19.9 Å². The third-order valence-electron chi connectivity index (χ3n) is 4.37. The molecular formula is C16H22ClN3O2. The van der Waals surface area contributed by atoms with E-state index in [1.807, 2.05) is 36.1 Å². The topological polar surface area (TPSA) is 44.8 Å². The second kappa shape index (κ2) is 6.86. The number of amides is 1. The van der Waals surface area contributed by atoms with Gasteiger partial charge in [0, 0.05) is 43.4 Å². The van der Waals surface area contributed by atoms with E-state index in [4.69, 9.17) is 16.3 Å². The summed E-state index contributed by atoms with van der Waals surface area (Å²) in [6, 6.07) is 7.64. The molecule has 0 saturated carbocycles. The normalized spacial score (nSPS) is 26.1. The number of morpholine rings is 1. The molecule has 1 aromatic rings. The van der Waals surface area contributed by atoms with Crippen molar-refractivity contribution in [2.75, 3.05) is 44.2 Å². The number of anilines is 1. The molecule has 2 heterocycles. The average Bonchev–Trinajstić information content (AvgIpc) is 2.56. The van der Waals surface area contributed by atoms with Crippen LogP contribution in [0, 0.1) is 0 Å². The summed E-state index contributed by atoms with van der Waals surface area (Å²) in [6.45, 7) is 6.54. The average molecular weight is 324 g/mol. The maximum absolute atomic E-state index is 12.6. The monoisotopic (exact) mass is 323 g/mol. The number of ether oxygens (including phenoxy) is 1. The molecule has 0 unspecified atom stereocenters. The Bertz CT molecular complexity index is 515. The fourth-order valence-corrected chi connectivity index (χ4v) is 3.17. The number of hydrogen-bond donors (Lipinski definition) is 1. The van der Waals surface area contributed by atoms with Crippen LogP contribution in [0.2, 0.25) is 5.02 Å². The Morgan fingerprint density at radius 1 is 1.23 bits per heavy atom. The first-order valence-corrected chi connectivity index (χ1v) is 8.17. The Hall–Kier alpha value is -1.30. The van der Waals surface area contributed by atoms with Crippen molar-refractivity contribution in [3.05, 3.63) is 29.3 Å². The predicted octanol–water partition coefficient (Wildman–Crippen LogP) is 1.37. The second-order valence-corrected chi connectivity index (χ2v) is 6.23. The van der Waals surface area contributed by atoms with Crippen LogP contribution in [0.1, 0.15) is 6.92 Å². The lowest BCUT2D eigenvalue weighted by molar-refractivity contribution is -0.139. The molecule has 2 aliphatic rings. The van der Waals surface area contributed by atoms with Gasteiger partial charge in [0.1, 0.15) is 6.04 Å². The smallest absolute Gasteiger partial charge is 0.242 e. The molecule has 22 heavy (non-hydrogen) atoms. The van der Waals surface area contributed by atoms with Crippen molar-refractivity contribution >= 4 is 23.2 Å². The number of halogens is 1. The van der Waals surface area contributed by atoms with E-state index in [0.29, 0.717) is 6.61 Å². The largest absolute Gasteiger partial charge is 0.375 e. The lowest BCUT2D eigenvalue weighted by atomic mass is 10.1. The van der Waals surface area contributed by atoms with Gasteiger partial charge in [0.15, 0.2) is 0 Å². The summed E-state index contributed by atoms with van der Waals surface area (Å²) in [4.78, 5) is 16.8. The van der Waals surface area contributed by atoms with Crippen molar-refractivity contribution < 1.29 is 9.53 Å². The van der Waals surface area contributed by atoms with E-state index in [-0.39, 0.29) is 18.1 Å². The third-order valence-corrected chi connectivity index (χ3v) is 4.62. The zero-order valence-corrected chi connectivity index (χ0v) is 13.6. The highest BCUT2D eigenvalue weighted by Gasteiger charge is 2.33. The predicted molar refractivity (Wildman–Crippen MR) is 87.4 cm³/mol. The molecule has 1 N–H and O–H groups in total. The van der Waals surface area contributed by atoms with Crippen molar-refractivity contribution in [2.24, 2.45) is 0 Å². The summed E-state index contributed by atoms with van der Waals surface area (Å²) < 4.78 is 5.57. The second-order valence-electron chi connectivity index (χ2n) is 5.80. The van der Waals surface area contributed by atoms with E-state index in [9.17, 15) is 4.79 Å². The van der Waals surface area contributed by atoms with Crippen LogP contribution in [0.3, 0.4) is 0 Å². The van der Waals surface area contributed by atoms with Crippen molar-refractivity contribution in [1.29, 1.82) is 0 Å². The Morgan fingerprint density at radius 3 is 2.55 bits per heavy atom. The molecule has 120 valence electrons. The van der Waals surface area contributed by atoms with Crippen LogP contribution in [-0.4, -0.2) is 62.3 Å². The first kappa shape index (κ1) is 15.6. The van der Waals surface area contributed by atoms with Gasteiger partial charge in [-0.15, -0.1) is 0 Å². The van der Waals surface area contributed by atoms with Gasteiger partial charge in [-0.05, 0) is 31.2 Å². The van der Waals surface area contributed by atoms with E-state index < -0.39 is 0 Å². The number of carbonyl (C=O) groups is 1. The van der Waals surface area contributed by atoms with Gasteiger partial charge in [0.05, 0.1) is 12.7 Å². The summed E-state index contributed by atoms with van der Waals surface area (Å²) in [7, 11) is 0. The quantitative estimate of drug-likeness (QED) is 0.893. The van der Waals surface area contributed by atoms with Crippen LogP contribution >= 0.6 is 11.6 Å². The number of hydrogen-bond acceptors (Lipinski definition) is 4. The third kappa shape index (κ3) is 3.37. The molecule has 1 amide bonds. The Morgan fingerprint density at radius 2 is 1.91 bits per heavy atom. The fraction of sp³-hybridized carbons (Fsp3) is 0.562. The number of benzene rings is 1. The molecule has 0 bridgehead atoms. The first-order chi connectivity index (χ1) is 10.6. The first-order valence-electron chi connectivity index (χ1n) is 7.79. The molecule has 5 nitrogen and oxygen atoms in total.